The van der Waals surface area contributed by atoms with E-state index in [1.54, 1.807) is 18.2 Å². The number of hydrazone groups is 1. The van der Waals surface area contributed by atoms with Gasteiger partial charge in [0.15, 0.2) is 0 Å². The normalized spacial score (nSPS) is 11.2. The molecule has 0 spiro atoms. The molecule has 0 saturated carbocycles. The highest BCUT2D eigenvalue weighted by Crippen LogP contribution is 2.22. The molecular formula is C17H13Cl2N3O. The average Bonchev–Trinajstić information content (AvgIpc) is 2.93. The minimum absolute atomic E-state index is 0.214. The van der Waals surface area contributed by atoms with Crippen LogP contribution in [0.1, 0.15) is 11.1 Å². The van der Waals surface area contributed by atoms with Gasteiger partial charge < -0.3 is 4.98 Å². The molecule has 1 heterocycles. The van der Waals surface area contributed by atoms with Crippen molar-refractivity contribution in [1.29, 1.82) is 0 Å². The van der Waals surface area contributed by atoms with Crippen LogP contribution in [0.4, 0.5) is 0 Å². The van der Waals surface area contributed by atoms with Crippen LogP contribution in [0.3, 0.4) is 0 Å². The van der Waals surface area contributed by atoms with Gasteiger partial charge in [-0.25, -0.2) is 5.43 Å². The van der Waals surface area contributed by atoms with Crippen molar-refractivity contribution in [3.05, 3.63) is 69.8 Å². The zero-order valence-electron chi connectivity index (χ0n) is 12.0. The fourth-order valence-electron chi connectivity index (χ4n) is 2.29. The summed E-state index contributed by atoms with van der Waals surface area (Å²) in [6, 6.07) is 13.0. The number of aromatic amines is 1. The Kier molecular flexibility index (Phi) is 4.65. The average molecular weight is 346 g/mol. The topological polar surface area (TPSA) is 57.2 Å². The monoisotopic (exact) mass is 345 g/mol. The molecule has 0 fully saturated rings. The van der Waals surface area contributed by atoms with Crippen molar-refractivity contribution < 1.29 is 4.79 Å². The molecule has 3 rings (SSSR count). The molecule has 6 heteroatoms. The Morgan fingerprint density at radius 2 is 1.87 bits per heavy atom. The predicted octanol–water partition coefficient (Wildman–Crippen LogP) is 4.17. The van der Waals surface area contributed by atoms with Gasteiger partial charge in [-0.15, -0.1) is 0 Å². The van der Waals surface area contributed by atoms with E-state index in [9.17, 15) is 4.79 Å². The van der Waals surface area contributed by atoms with Gasteiger partial charge in [0.25, 0.3) is 0 Å². The maximum absolute atomic E-state index is 12.0. The molecule has 0 bridgehead atoms. The molecule has 1 aromatic heterocycles. The van der Waals surface area contributed by atoms with E-state index in [0.717, 1.165) is 16.5 Å². The quantitative estimate of drug-likeness (QED) is 0.541. The molecule has 4 nitrogen and oxygen atoms in total. The molecule has 0 aliphatic rings. The lowest BCUT2D eigenvalue weighted by Gasteiger charge is -2.01. The standard InChI is InChI=1S/C17H13Cl2N3O/c18-14-5-3-6-15(19)13(14)10-21-22-17(23)8-11-9-20-16-7-2-1-4-12(11)16/h1-7,9-10,20H,8H2,(H,22,23)/b21-10+. The first kappa shape index (κ1) is 15.6. The number of para-hydroxylation sites is 1. The fourth-order valence-corrected chi connectivity index (χ4v) is 2.79. The van der Waals surface area contributed by atoms with Crippen LogP contribution in [0.5, 0.6) is 0 Å². The number of benzene rings is 2. The van der Waals surface area contributed by atoms with E-state index in [1.165, 1.54) is 6.21 Å². The third-order valence-electron chi connectivity index (χ3n) is 3.41. The molecule has 0 radical (unpaired) electrons. The minimum atomic E-state index is -0.214. The van der Waals surface area contributed by atoms with Crippen LogP contribution in [0.15, 0.2) is 53.8 Å². The van der Waals surface area contributed by atoms with Crippen molar-refractivity contribution in [2.75, 3.05) is 0 Å². The zero-order valence-corrected chi connectivity index (χ0v) is 13.5. The van der Waals surface area contributed by atoms with Crippen molar-refractivity contribution in [3.8, 4) is 0 Å². The lowest BCUT2D eigenvalue weighted by molar-refractivity contribution is -0.120. The maximum atomic E-state index is 12.0. The zero-order chi connectivity index (χ0) is 16.2. The van der Waals surface area contributed by atoms with E-state index in [2.05, 4.69) is 15.5 Å². The summed E-state index contributed by atoms with van der Waals surface area (Å²) in [5, 5.41) is 5.91. The van der Waals surface area contributed by atoms with Crippen LogP contribution >= 0.6 is 23.2 Å². The molecule has 2 aromatic carbocycles. The Hall–Kier alpha value is -2.30. The number of hydrogen-bond donors (Lipinski definition) is 2. The Balaban J connectivity index is 1.67. The van der Waals surface area contributed by atoms with Crippen LogP contribution in [-0.2, 0) is 11.2 Å². The van der Waals surface area contributed by atoms with E-state index < -0.39 is 0 Å². The number of aromatic nitrogens is 1. The van der Waals surface area contributed by atoms with Crippen LogP contribution in [-0.4, -0.2) is 17.1 Å². The number of H-pyrrole nitrogens is 1. The summed E-state index contributed by atoms with van der Waals surface area (Å²) in [5.74, 6) is -0.214. The molecule has 116 valence electrons. The van der Waals surface area contributed by atoms with Gasteiger partial charge in [0, 0.05) is 22.7 Å². The first-order valence-corrected chi connectivity index (χ1v) is 7.71. The molecule has 0 atom stereocenters. The highest BCUT2D eigenvalue weighted by molar-refractivity contribution is 6.38. The van der Waals surface area contributed by atoms with Gasteiger partial charge in [0.1, 0.15) is 0 Å². The Bertz CT molecular complexity index is 866. The van der Waals surface area contributed by atoms with E-state index >= 15 is 0 Å². The van der Waals surface area contributed by atoms with Gasteiger partial charge >= 0.3 is 0 Å². The van der Waals surface area contributed by atoms with Crippen molar-refractivity contribution in [3.63, 3.8) is 0 Å². The number of nitrogens with zero attached hydrogens (tertiary/aromatic N) is 1. The van der Waals surface area contributed by atoms with Crippen LogP contribution in [0.25, 0.3) is 10.9 Å². The number of carbonyl (C=O) groups excluding carboxylic acids is 1. The van der Waals surface area contributed by atoms with E-state index in [1.807, 2.05) is 30.5 Å². The number of halogens is 2. The lowest BCUT2D eigenvalue weighted by Crippen LogP contribution is -2.19. The largest absolute Gasteiger partial charge is 0.361 e. The highest BCUT2D eigenvalue weighted by atomic mass is 35.5. The predicted molar refractivity (Wildman–Crippen MR) is 94.2 cm³/mol. The van der Waals surface area contributed by atoms with Crippen LogP contribution < -0.4 is 5.43 Å². The maximum Gasteiger partial charge on any atom is 0.244 e. The van der Waals surface area contributed by atoms with Gasteiger partial charge in [-0.1, -0.05) is 47.5 Å². The third-order valence-corrected chi connectivity index (χ3v) is 4.07. The Morgan fingerprint density at radius 3 is 2.65 bits per heavy atom. The van der Waals surface area contributed by atoms with E-state index in [4.69, 9.17) is 23.2 Å². The smallest absolute Gasteiger partial charge is 0.244 e. The molecule has 0 aliphatic carbocycles. The Labute approximate surface area is 143 Å². The van der Waals surface area contributed by atoms with Gasteiger partial charge in [0.05, 0.1) is 22.7 Å². The first-order valence-electron chi connectivity index (χ1n) is 6.96. The molecule has 3 aromatic rings. The summed E-state index contributed by atoms with van der Waals surface area (Å²) < 4.78 is 0. The van der Waals surface area contributed by atoms with Crippen molar-refractivity contribution in [2.45, 2.75) is 6.42 Å². The van der Waals surface area contributed by atoms with Gasteiger partial charge in [0.2, 0.25) is 5.91 Å². The molecule has 0 unspecified atom stereocenters. The number of nitrogens with one attached hydrogen (secondary N) is 2. The fraction of sp³-hybridized carbons (Fsp3) is 0.0588. The number of amides is 1. The van der Waals surface area contributed by atoms with Gasteiger partial charge in [-0.05, 0) is 23.8 Å². The van der Waals surface area contributed by atoms with Crippen LogP contribution in [0, 0.1) is 0 Å². The van der Waals surface area contributed by atoms with Gasteiger partial charge in [-0.2, -0.15) is 5.10 Å². The molecule has 0 saturated heterocycles. The number of fused-ring (bicyclic) bond motifs is 1. The highest BCUT2D eigenvalue weighted by Gasteiger charge is 2.08. The van der Waals surface area contributed by atoms with Crippen molar-refractivity contribution >= 4 is 46.2 Å². The SMILES string of the molecule is O=C(Cc1c[nH]c2ccccc12)N/N=C/c1c(Cl)cccc1Cl. The summed E-state index contributed by atoms with van der Waals surface area (Å²) in [6.07, 6.45) is 3.51. The van der Waals surface area contributed by atoms with Crippen molar-refractivity contribution in [2.24, 2.45) is 5.10 Å². The summed E-state index contributed by atoms with van der Waals surface area (Å²) in [6.45, 7) is 0. The van der Waals surface area contributed by atoms with E-state index in [-0.39, 0.29) is 12.3 Å². The van der Waals surface area contributed by atoms with E-state index in [0.29, 0.717) is 15.6 Å². The Morgan fingerprint density at radius 1 is 1.13 bits per heavy atom. The molecule has 1 amide bonds. The molecular weight excluding hydrogens is 333 g/mol. The molecule has 2 N–H and O–H groups in total. The third kappa shape index (κ3) is 3.55. The minimum Gasteiger partial charge on any atom is -0.361 e. The summed E-state index contributed by atoms with van der Waals surface area (Å²) in [4.78, 5) is 15.1. The number of rotatable bonds is 4. The summed E-state index contributed by atoms with van der Waals surface area (Å²) in [7, 11) is 0. The second-order valence-electron chi connectivity index (χ2n) is 4.96. The first-order chi connectivity index (χ1) is 11.1. The molecule has 0 aliphatic heterocycles. The second kappa shape index (κ2) is 6.86. The van der Waals surface area contributed by atoms with Crippen LogP contribution in [0.2, 0.25) is 10.0 Å². The summed E-state index contributed by atoms with van der Waals surface area (Å²) >= 11 is 12.1. The summed E-state index contributed by atoms with van der Waals surface area (Å²) in [5.41, 5.74) is 4.98. The molecule has 23 heavy (non-hydrogen) atoms. The van der Waals surface area contributed by atoms with Crippen molar-refractivity contribution in [1.82, 2.24) is 10.4 Å². The number of carbonyl (C=O) groups is 1. The lowest BCUT2D eigenvalue weighted by atomic mass is 10.1. The number of hydrogen-bond acceptors (Lipinski definition) is 2. The second-order valence-corrected chi connectivity index (χ2v) is 5.78. The van der Waals surface area contributed by atoms with Gasteiger partial charge in [-0.3, -0.25) is 4.79 Å².